The molecule has 0 aliphatic heterocycles. The lowest BCUT2D eigenvalue weighted by atomic mass is 9.75. The topological polar surface area (TPSA) is 96.6 Å². The lowest BCUT2D eigenvalue weighted by molar-refractivity contribution is 0.0696. The number of Topliss-reactive ketones (excluding diaryl/α,β-unsaturated/α-hetero) is 1. The molecule has 1 aliphatic rings. The van der Waals surface area contributed by atoms with E-state index >= 15 is 0 Å². The van der Waals surface area contributed by atoms with Crippen LogP contribution in [0.4, 0.5) is 5.69 Å². The van der Waals surface area contributed by atoms with Gasteiger partial charge in [0.2, 0.25) is 0 Å². The number of hydrogen-bond acceptors (Lipinski definition) is 4. The summed E-state index contributed by atoms with van der Waals surface area (Å²) in [6.07, 6.45) is 1.30. The van der Waals surface area contributed by atoms with Gasteiger partial charge < -0.3 is 14.8 Å². The van der Waals surface area contributed by atoms with Crippen molar-refractivity contribution in [3.8, 4) is 0 Å². The second-order valence-corrected chi connectivity index (χ2v) is 6.50. The third-order valence-electron chi connectivity index (χ3n) is 4.26. The largest absolute Gasteiger partial charge is 0.478 e. The van der Waals surface area contributed by atoms with Crippen LogP contribution in [0.15, 0.2) is 34.7 Å². The fraction of sp³-hybridized carbons (Fsp3) is 0.278. The van der Waals surface area contributed by atoms with Crippen LogP contribution in [0.1, 0.15) is 57.3 Å². The molecule has 0 atom stereocenters. The highest BCUT2D eigenvalue weighted by Gasteiger charge is 2.37. The number of carbonyl (C=O) groups is 3. The molecule has 1 aromatic carbocycles. The van der Waals surface area contributed by atoms with E-state index in [1.807, 2.05) is 13.8 Å². The minimum Gasteiger partial charge on any atom is -0.478 e. The van der Waals surface area contributed by atoms with E-state index in [4.69, 9.17) is 9.52 Å². The number of fused-ring (bicyclic) bond motifs is 1. The summed E-state index contributed by atoms with van der Waals surface area (Å²) in [5.74, 6) is -0.901. The van der Waals surface area contributed by atoms with Crippen molar-refractivity contribution in [2.45, 2.75) is 26.7 Å². The maximum absolute atomic E-state index is 12.4. The fourth-order valence-corrected chi connectivity index (χ4v) is 2.71. The van der Waals surface area contributed by atoms with E-state index in [1.54, 1.807) is 0 Å². The highest BCUT2D eigenvalue weighted by atomic mass is 16.4. The Morgan fingerprint density at radius 2 is 1.88 bits per heavy atom. The van der Waals surface area contributed by atoms with E-state index in [1.165, 1.54) is 30.3 Å². The number of aromatic carboxylic acids is 1. The number of amides is 1. The SMILES string of the molecule is CC1(C)CCc2oc(C(=O)Nc3ccc(C(=O)O)cc3)cc2C1=O. The summed E-state index contributed by atoms with van der Waals surface area (Å²) in [6.45, 7) is 3.77. The van der Waals surface area contributed by atoms with Crippen molar-refractivity contribution in [2.75, 3.05) is 5.32 Å². The highest BCUT2D eigenvalue weighted by molar-refractivity contribution is 6.07. The van der Waals surface area contributed by atoms with Crippen LogP contribution in [0.3, 0.4) is 0 Å². The number of ketones is 1. The Morgan fingerprint density at radius 3 is 2.50 bits per heavy atom. The van der Waals surface area contributed by atoms with Gasteiger partial charge in [-0.3, -0.25) is 9.59 Å². The van der Waals surface area contributed by atoms with Crippen molar-refractivity contribution in [1.29, 1.82) is 0 Å². The maximum atomic E-state index is 12.4. The van der Waals surface area contributed by atoms with Crippen LogP contribution < -0.4 is 5.32 Å². The van der Waals surface area contributed by atoms with Crippen molar-refractivity contribution < 1.29 is 23.9 Å². The Morgan fingerprint density at radius 1 is 1.21 bits per heavy atom. The van der Waals surface area contributed by atoms with Crippen LogP contribution >= 0.6 is 0 Å². The molecule has 24 heavy (non-hydrogen) atoms. The average molecular weight is 327 g/mol. The minimum absolute atomic E-state index is 0.0163. The lowest BCUT2D eigenvalue weighted by Gasteiger charge is -2.26. The number of carbonyl (C=O) groups excluding carboxylic acids is 2. The molecule has 2 N–H and O–H groups in total. The second-order valence-electron chi connectivity index (χ2n) is 6.50. The smallest absolute Gasteiger partial charge is 0.335 e. The van der Waals surface area contributed by atoms with Gasteiger partial charge in [-0.2, -0.15) is 0 Å². The number of hydrogen-bond donors (Lipinski definition) is 2. The average Bonchev–Trinajstić information content (AvgIpc) is 2.97. The fourth-order valence-electron chi connectivity index (χ4n) is 2.71. The normalized spacial score (nSPS) is 15.7. The van der Waals surface area contributed by atoms with E-state index in [9.17, 15) is 14.4 Å². The van der Waals surface area contributed by atoms with E-state index < -0.39 is 17.3 Å². The molecule has 124 valence electrons. The molecule has 3 rings (SSSR count). The zero-order chi connectivity index (χ0) is 17.5. The molecule has 0 saturated heterocycles. The molecule has 6 nitrogen and oxygen atoms in total. The van der Waals surface area contributed by atoms with Crippen molar-refractivity contribution in [3.63, 3.8) is 0 Å². The first-order valence-electron chi connectivity index (χ1n) is 7.60. The van der Waals surface area contributed by atoms with Gasteiger partial charge in [-0.15, -0.1) is 0 Å². The van der Waals surface area contributed by atoms with Crippen molar-refractivity contribution in [3.05, 3.63) is 53.0 Å². The molecular weight excluding hydrogens is 310 g/mol. The van der Waals surface area contributed by atoms with Crippen molar-refractivity contribution in [2.24, 2.45) is 5.41 Å². The zero-order valence-electron chi connectivity index (χ0n) is 13.4. The Hall–Kier alpha value is -2.89. The molecule has 0 spiro atoms. The van der Waals surface area contributed by atoms with Gasteiger partial charge >= 0.3 is 5.97 Å². The van der Waals surface area contributed by atoms with Crippen molar-refractivity contribution >= 4 is 23.3 Å². The Kier molecular flexibility index (Phi) is 3.75. The molecule has 0 unspecified atom stereocenters. The molecule has 0 radical (unpaired) electrons. The summed E-state index contributed by atoms with van der Waals surface area (Å²) in [6, 6.07) is 7.28. The van der Waals surface area contributed by atoms with Gasteiger partial charge in [0.25, 0.3) is 5.91 Å². The van der Waals surface area contributed by atoms with Gasteiger partial charge in [0.05, 0.1) is 11.1 Å². The molecule has 1 aromatic heterocycles. The molecule has 1 amide bonds. The molecule has 0 fully saturated rings. The predicted molar refractivity (Wildman–Crippen MR) is 86.5 cm³/mol. The second kappa shape index (κ2) is 5.63. The quantitative estimate of drug-likeness (QED) is 0.900. The van der Waals surface area contributed by atoms with Gasteiger partial charge in [-0.05, 0) is 30.7 Å². The summed E-state index contributed by atoms with van der Waals surface area (Å²) in [4.78, 5) is 35.5. The first-order valence-corrected chi connectivity index (χ1v) is 7.60. The Bertz CT molecular complexity index is 830. The summed E-state index contributed by atoms with van der Waals surface area (Å²) in [5, 5.41) is 11.5. The third-order valence-corrected chi connectivity index (χ3v) is 4.26. The molecule has 1 heterocycles. The monoisotopic (exact) mass is 327 g/mol. The van der Waals surface area contributed by atoms with E-state index in [0.717, 1.165) is 0 Å². The number of benzene rings is 1. The van der Waals surface area contributed by atoms with Gasteiger partial charge in [-0.25, -0.2) is 4.79 Å². The minimum atomic E-state index is -1.03. The summed E-state index contributed by atoms with van der Waals surface area (Å²) < 4.78 is 5.54. The number of carboxylic acids is 1. The van der Waals surface area contributed by atoms with Crippen LogP contribution in [-0.2, 0) is 6.42 Å². The van der Waals surface area contributed by atoms with Crippen LogP contribution in [0, 0.1) is 5.41 Å². The number of nitrogens with one attached hydrogen (secondary N) is 1. The Labute approximate surface area is 138 Å². The maximum Gasteiger partial charge on any atom is 0.335 e. The number of furan rings is 1. The number of anilines is 1. The van der Waals surface area contributed by atoms with Crippen molar-refractivity contribution in [1.82, 2.24) is 0 Å². The van der Waals surface area contributed by atoms with Crippen LogP contribution in [0.2, 0.25) is 0 Å². The van der Waals surface area contributed by atoms with Gasteiger partial charge in [0.15, 0.2) is 11.5 Å². The summed E-state index contributed by atoms with van der Waals surface area (Å²) >= 11 is 0. The summed E-state index contributed by atoms with van der Waals surface area (Å²) in [5.41, 5.74) is 0.607. The highest BCUT2D eigenvalue weighted by Crippen LogP contribution is 2.36. The first kappa shape index (κ1) is 16.0. The van der Waals surface area contributed by atoms with E-state index in [-0.39, 0.29) is 17.1 Å². The predicted octanol–water partition coefficient (Wildman–Crippen LogP) is 3.39. The van der Waals surface area contributed by atoms with Crippen LogP contribution in [0.25, 0.3) is 0 Å². The molecule has 0 saturated carbocycles. The molecule has 1 aliphatic carbocycles. The number of aryl methyl sites for hydroxylation is 1. The molecule has 0 bridgehead atoms. The molecule has 6 heteroatoms. The summed E-state index contributed by atoms with van der Waals surface area (Å²) in [7, 11) is 0. The van der Waals surface area contributed by atoms with Gasteiger partial charge in [-0.1, -0.05) is 13.8 Å². The van der Waals surface area contributed by atoms with E-state index in [2.05, 4.69) is 5.32 Å². The third kappa shape index (κ3) is 2.82. The zero-order valence-corrected chi connectivity index (χ0v) is 13.4. The lowest BCUT2D eigenvalue weighted by Crippen LogP contribution is -2.29. The van der Waals surface area contributed by atoms with Crippen LogP contribution in [-0.4, -0.2) is 22.8 Å². The number of rotatable bonds is 3. The Balaban J connectivity index is 1.79. The number of carboxylic acid groups (broad SMARTS) is 1. The van der Waals surface area contributed by atoms with Gasteiger partial charge in [0, 0.05) is 23.6 Å². The molecular formula is C18H17NO5. The van der Waals surface area contributed by atoms with E-state index in [0.29, 0.717) is 29.9 Å². The standard InChI is InChI=1S/C18H17NO5/c1-18(2)8-7-13-12(15(18)20)9-14(24-13)16(21)19-11-5-3-10(4-6-11)17(22)23/h3-6,9H,7-8H2,1-2H3,(H,19,21)(H,22,23). The van der Waals surface area contributed by atoms with Crippen LogP contribution in [0.5, 0.6) is 0 Å². The molecule has 2 aromatic rings. The first-order chi connectivity index (χ1) is 11.3. The van der Waals surface area contributed by atoms with Gasteiger partial charge in [0.1, 0.15) is 5.76 Å².